The van der Waals surface area contributed by atoms with Crippen LogP contribution >= 0.6 is 0 Å². The van der Waals surface area contributed by atoms with Gasteiger partial charge in [-0.15, -0.1) is 0 Å². The van der Waals surface area contributed by atoms with Gasteiger partial charge in [-0.05, 0) is 60.1 Å². The zero-order valence-corrected chi connectivity index (χ0v) is 16.4. The Bertz CT molecular complexity index is 1310. The van der Waals surface area contributed by atoms with Gasteiger partial charge in [-0.1, -0.05) is 30.3 Å². The van der Waals surface area contributed by atoms with Crippen molar-refractivity contribution >= 4 is 37.4 Å². The molecule has 2 heterocycles. The van der Waals surface area contributed by atoms with Crippen LogP contribution in [0, 0.1) is 0 Å². The molecule has 5 rings (SSSR count). The van der Waals surface area contributed by atoms with Gasteiger partial charge in [0.2, 0.25) is 0 Å². The zero-order valence-electron chi connectivity index (χ0n) is 15.6. The molecule has 142 valence electrons. The van der Waals surface area contributed by atoms with E-state index in [0.29, 0.717) is 5.69 Å². The molecule has 1 aliphatic heterocycles. The van der Waals surface area contributed by atoms with Crippen LogP contribution < -0.4 is 4.72 Å². The van der Waals surface area contributed by atoms with Crippen LogP contribution in [0.3, 0.4) is 0 Å². The molecule has 0 atom stereocenters. The number of nitrogens with zero attached hydrogens (tertiary/aromatic N) is 1. The largest absolute Gasteiger partial charge is 0.357 e. The lowest BCUT2D eigenvalue weighted by Gasteiger charge is -2.22. The van der Waals surface area contributed by atoms with Crippen molar-refractivity contribution in [1.82, 2.24) is 9.88 Å². The molecule has 0 spiro atoms. The van der Waals surface area contributed by atoms with E-state index in [1.165, 1.54) is 11.3 Å². The summed E-state index contributed by atoms with van der Waals surface area (Å²) in [6.07, 6.45) is 0.965. The van der Waals surface area contributed by atoms with E-state index >= 15 is 0 Å². The van der Waals surface area contributed by atoms with Crippen LogP contribution in [0.4, 0.5) is 5.69 Å². The van der Waals surface area contributed by atoms with E-state index in [1.807, 2.05) is 48.5 Å². The molecule has 3 aromatic carbocycles. The number of hydrogen-bond donors (Lipinski definition) is 2. The highest BCUT2D eigenvalue weighted by atomic mass is 32.2. The molecule has 0 unspecified atom stereocenters. The van der Waals surface area contributed by atoms with Crippen molar-refractivity contribution in [2.75, 3.05) is 18.3 Å². The zero-order chi connectivity index (χ0) is 19.3. The minimum atomic E-state index is -3.65. The van der Waals surface area contributed by atoms with Crippen molar-refractivity contribution < 1.29 is 8.42 Å². The van der Waals surface area contributed by atoms with Gasteiger partial charge >= 0.3 is 0 Å². The number of rotatable bonds is 3. The molecule has 0 amide bonds. The molecule has 0 radical (unpaired) electrons. The summed E-state index contributed by atoms with van der Waals surface area (Å²) in [6.45, 7) is 1.90. The fraction of sp³-hybridized carbons (Fsp3) is 0.182. The maximum atomic E-state index is 12.9. The first-order valence-electron chi connectivity index (χ1n) is 9.33. The van der Waals surface area contributed by atoms with Gasteiger partial charge in [0.05, 0.1) is 4.90 Å². The van der Waals surface area contributed by atoms with Gasteiger partial charge in [-0.3, -0.25) is 4.72 Å². The van der Waals surface area contributed by atoms with Gasteiger partial charge < -0.3 is 9.88 Å². The van der Waals surface area contributed by atoms with Crippen molar-refractivity contribution in [3.8, 4) is 0 Å². The topological polar surface area (TPSA) is 65.2 Å². The summed E-state index contributed by atoms with van der Waals surface area (Å²) in [4.78, 5) is 6.02. The predicted molar refractivity (Wildman–Crippen MR) is 113 cm³/mol. The number of sulfonamides is 1. The molecular weight excluding hydrogens is 370 g/mol. The lowest BCUT2D eigenvalue weighted by Crippen LogP contribution is -2.26. The van der Waals surface area contributed by atoms with Crippen molar-refractivity contribution in [3.05, 3.63) is 71.9 Å². The first-order chi connectivity index (χ1) is 13.5. The Morgan fingerprint density at radius 3 is 2.68 bits per heavy atom. The summed E-state index contributed by atoms with van der Waals surface area (Å²) in [5.74, 6) is 0. The van der Waals surface area contributed by atoms with Crippen molar-refractivity contribution in [3.63, 3.8) is 0 Å². The highest BCUT2D eigenvalue weighted by molar-refractivity contribution is 7.92. The van der Waals surface area contributed by atoms with Gasteiger partial charge in [0, 0.05) is 35.4 Å². The van der Waals surface area contributed by atoms with Crippen molar-refractivity contribution in [2.45, 2.75) is 17.9 Å². The predicted octanol–water partition coefficient (Wildman–Crippen LogP) is 4.11. The lowest BCUT2D eigenvalue weighted by atomic mass is 10.0. The monoisotopic (exact) mass is 391 g/mol. The van der Waals surface area contributed by atoms with E-state index in [1.54, 1.807) is 12.1 Å². The van der Waals surface area contributed by atoms with Gasteiger partial charge in [-0.25, -0.2) is 8.42 Å². The third-order valence-corrected chi connectivity index (χ3v) is 6.83. The van der Waals surface area contributed by atoms with E-state index in [2.05, 4.69) is 21.7 Å². The minimum Gasteiger partial charge on any atom is -0.357 e. The molecule has 5 nitrogen and oxygen atoms in total. The van der Waals surface area contributed by atoms with E-state index < -0.39 is 10.0 Å². The number of nitrogens with one attached hydrogen (secondary N) is 2. The maximum Gasteiger partial charge on any atom is 0.261 e. The fourth-order valence-electron chi connectivity index (χ4n) is 3.99. The molecule has 0 saturated heterocycles. The summed E-state index contributed by atoms with van der Waals surface area (Å²) in [7, 11) is -1.55. The quantitative estimate of drug-likeness (QED) is 0.552. The minimum absolute atomic E-state index is 0.268. The van der Waals surface area contributed by atoms with Gasteiger partial charge in [0.1, 0.15) is 0 Å². The molecule has 0 bridgehead atoms. The van der Waals surface area contributed by atoms with Crippen LogP contribution in [0.15, 0.2) is 65.6 Å². The van der Waals surface area contributed by atoms with Crippen molar-refractivity contribution in [1.29, 1.82) is 0 Å². The second kappa shape index (κ2) is 6.36. The molecule has 0 saturated carbocycles. The summed E-state index contributed by atoms with van der Waals surface area (Å²) < 4.78 is 28.6. The molecular formula is C22H21N3O2S. The van der Waals surface area contributed by atoms with Gasteiger partial charge in [-0.2, -0.15) is 0 Å². The number of aromatic amines is 1. The highest BCUT2D eigenvalue weighted by Gasteiger charge is 2.20. The molecule has 2 N–H and O–H groups in total. The van der Waals surface area contributed by atoms with E-state index in [-0.39, 0.29) is 4.90 Å². The summed E-state index contributed by atoms with van der Waals surface area (Å²) in [5, 5.41) is 3.03. The summed E-state index contributed by atoms with van der Waals surface area (Å²) >= 11 is 0. The average molecular weight is 391 g/mol. The number of hydrogen-bond acceptors (Lipinski definition) is 3. The standard InChI is InChI=1S/C22H21N3O2S/c1-25-11-10-19-20-13-17(7-9-21(20)23-22(19)14-25)24-28(26,27)18-8-6-15-4-2-3-5-16(15)12-18/h2-9,12-13,23-24H,10-11,14H2,1H3. The summed E-state index contributed by atoms with van der Waals surface area (Å²) in [6, 6.07) is 18.6. The van der Waals surface area contributed by atoms with Crippen LogP contribution in [0.1, 0.15) is 11.3 Å². The molecule has 6 heteroatoms. The Kier molecular flexibility index (Phi) is 3.92. The molecule has 4 aromatic rings. The average Bonchev–Trinajstić information content (AvgIpc) is 3.04. The first-order valence-corrected chi connectivity index (χ1v) is 10.8. The number of anilines is 1. The van der Waals surface area contributed by atoms with Crippen molar-refractivity contribution in [2.24, 2.45) is 0 Å². The Morgan fingerprint density at radius 2 is 1.82 bits per heavy atom. The third kappa shape index (κ3) is 2.95. The molecule has 0 fully saturated rings. The third-order valence-electron chi connectivity index (χ3n) is 5.45. The number of benzene rings is 3. The first kappa shape index (κ1) is 17.3. The SMILES string of the molecule is CN1CCc2c([nH]c3ccc(NS(=O)(=O)c4ccc5ccccc5c4)cc23)C1. The highest BCUT2D eigenvalue weighted by Crippen LogP contribution is 2.30. The Morgan fingerprint density at radius 1 is 1.00 bits per heavy atom. The van der Waals surface area contributed by atoms with Crippen LogP contribution in [0.2, 0.25) is 0 Å². The van der Waals surface area contributed by atoms with Gasteiger partial charge in [0.25, 0.3) is 10.0 Å². The van der Waals surface area contributed by atoms with Crippen LogP contribution in [-0.4, -0.2) is 31.9 Å². The van der Waals surface area contributed by atoms with Crippen LogP contribution in [-0.2, 0) is 23.0 Å². The van der Waals surface area contributed by atoms with Crippen LogP contribution in [0.25, 0.3) is 21.7 Å². The molecule has 0 aliphatic carbocycles. The number of likely N-dealkylation sites (N-methyl/N-ethyl adjacent to an activating group) is 1. The Balaban J connectivity index is 1.51. The second-order valence-corrected chi connectivity index (χ2v) is 9.13. The normalized spacial score (nSPS) is 15.0. The second-order valence-electron chi connectivity index (χ2n) is 7.44. The number of fused-ring (bicyclic) bond motifs is 4. The maximum absolute atomic E-state index is 12.9. The van der Waals surface area contributed by atoms with E-state index in [0.717, 1.165) is 41.2 Å². The van der Waals surface area contributed by atoms with E-state index in [4.69, 9.17) is 0 Å². The lowest BCUT2D eigenvalue weighted by molar-refractivity contribution is 0.310. The molecule has 28 heavy (non-hydrogen) atoms. The Labute approximate surface area is 164 Å². The van der Waals surface area contributed by atoms with Gasteiger partial charge in [0.15, 0.2) is 0 Å². The van der Waals surface area contributed by atoms with Crippen LogP contribution in [0.5, 0.6) is 0 Å². The molecule has 1 aromatic heterocycles. The smallest absolute Gasteiger partial charge is 0.261 e. The van der Waals surface area contributed by atoms with E-state index in [9.17, 15) is 8.42 Å². The number of aromatic nitrogens is 1. The number of H-pyrrole nitrogens is 1. The Hall–Kier alpha value is -2.83. The molecule has 1 aliphatic rings. The fourth-order valence-corrected chi connectivity index (χ4v) is 5.07. The summed E-state index contributed by atoms with van der Waals surface area (Å²) in [5.41, 5.74) is 4.15.